The van der Waals surface area contributed by atoms with E-state index in [0.29, 0.717) is 11.3 Å². The predicted octanol–water partition coefficient (Wildman–Crippen LogP) is 1.29. The molecule has 0 fully saturated rings. The summed E-state index contributed by atoms with van der Waals surface area (Å²) in [5, 5.41) is 18.2. The Morgan fingerprint density at radius 1 is 1.46 bits per heavy atom. The van der Waals surface area contributed by atoms with Gasteiger partial charge in [-0.2, -0.15) is 5.26 Å². The minimum absolute atomic E-state index is 0. The van der Waals surface area contributed by atoms with Gasteiger partial charge in [0.2, 0.25) is 0 Å². The molecule has 1 aromatic rings. The minimum atomic E-state index is -0.169. The van der Waals surface area contributed by atoms with Crippen LogP contribution in [-0.2, 0) is 0 Å². The molecule has 0 heterocycles. The molecule has 0 aliphatic heterocycles. The van der Waals surface area contributed by atoms with Crippen molar-refractivity contribution in [2.24, 2.45) is 5.73 Å². The van der Waals surface area contributed by atoms with Crippen molar-refractivity contribution in [1.82, 2.24) is 0 Å². The molecule has 0 saturated carbocycles. The molecule has 1 rings (SSSR count). The molecule has 4 N–H and O–H groups in total. The summed E-state index contributed by atoms with van der Waals surface area (Å²) in [6.07, 6.45) is 0. The van der Waals surface area contributed by atoms with Crippen molar-refractivity contribution in [2.45, 2.75) is 0 Å². The maximum atomic E-state index is 8.63. The van der Waals surface area contributed by atoms with Gasteiger partial charge < -0.3 is 11.1 Å². The highest BCUT2D eigenvalue weighted by Crippen LogP contribution is 2.12. The molecule has 0 radical (unpaired) electrons. The molecular formula is C8H9ClN4. The van der Waals surface area contributed by atoms with Gasteiger partial charge in [0.1, 0.15) is 6.07 Å². The van der Waals surface area contributed by atoms with Crippen molar-refractivity contribution in [3.05, 3.63) is 29.8 Å². The Morgan fingerprint density at radius 3 is 2.62 bits per heavy atom. The van der Waals surface area contributed by atoms with E-state index in [-0.39, 0.29) is 18.4 Å². The van der Waals surface area contributed by atoms with Crippen molar-refractivity contribution in [1.29, 1.82) is 10.7 Å². The van der Waals surface area contributed by atoms with Gasteiger partial charge in [0, 0.05) is 0 Å². The molecule has 0 aliphatic rings. The third-order valence-corrected chi connectivity index (χ3v) is 1.32. The fourth-order valence-corrected chi connectivity index (χ4v) is 0.835. The van der Waals surface area contributed by atoms with E-state index in [0.717, 1.165) is 0 Å². The fourth-order valence-electron chi connectivity index (χ4n) is 0.835. The van der Waals surface area contributed by atoms with E-state index in [9.17, 15) is 0 Å². The minimum Gasteiger partial charge on any atom is -0.370 e. The largest absolute Gasteiger partial charge is 0.370 e. The highest BCUT2D eigenvalue weighted by atomic mass is 35.5. The summed E-state index contributed by atoms with van der Waals surface area (Å²) in [7, 11) is 0. The number of halogens is 1. The number of nitrogens with one attached hydrogen (secondary N) is 2. The molecule has 5 heteroatoms. The maximum absolute atomic E-state index is 8.63. The molecule has 13 heavy (non-hydrogen) atoms. The van der Waals surface area contributed by atoms with Crippen LogP contribution in [-0.4, -0.2) is 5.96 Å². The second kappa shape index (κ2) is 5.01. The van der Waals surface area contributed by atoms with Crippen molar-refractivity contribution in [2.75, 3.05) is 5.32 Å². The average molecular weight is 197 g/mol. The van der Waals surface area contributed by atoms with Crippen LogP contribution in [0, 0.1) is 16.7 Å². The van der Waals surface area contributed by atoms with Gasteiger partial charge in [-0.25, -0.2) is 0 Å². The number of benzene rings is 1. The first-order valence-corrected chi connectivity index (χ1v) is 3.34. The standard InChI is InChI=1S/C8H8N4.ClH/c9-5-6-3-1-2-4-7(6)12-8(10)11;/h1-4H,(H4,10,11,12);1H. The lowest BCUT2D eigenvalue weighted by molar-refractivity contribution is 1.40. The van der Waals surface area contributed by atoms with Crippen LogP contribution >= 0.6 is 12.4 Å². The zero-order chi connectivity index (χ0) is 8.97. The molecule has 0 amide bonds. The van der Waals surface area contributed by atoms with Gasteiger partial charge in [0.25, 0.3) is 0 Å². The third-order valence-electron chi connectivity index (χ3n) is 1.32. The highest BCUT2D eigenvalue weighted by Gasteiger charge is 1.98. The summed E-state index contributed by atoms with van der Waals surface area (Å²) < 4.78 is 0. The summed E-state index contributed by atoms with van der Waals surface area (Å²) >= 11 is 0. The summed E-state index contributed by atoms with van der Waals surface area (Å²) in [5.41, 5.74) is 6.15. The van der Waals surface area contributed by atoms with Crippen LogP contribution in [0.25, 0.3) is 0 Å². The van der Waals surface area contributed by atoms with Gasteiger partial charge in [0.05, 0.1) is 11.3 Å². The highest BCUT2D eigenvalue weighted by molar-refractivity contribution is 5.91. The molecule has 0 spiro atoms. The number of hydrogen-bond acceptors (Lipinski definition) is 2. The zero-order valence-corrected chi connectivity index (χ0v) is 7.56. The molecule has 4 nitrogen and oxygen atoms in total. The lowest BCUT2D eigenvalue weighted by Gasteiger charge is -2.03. The second-order valence-electron chi connectivity index (χ2n) is 2.20. The number of rotatable bonds is 1. The number of nitrogens with zero attached hydrogens (tertiary/aromatic N) is 1. The average Bonchev–Trinajstić information content (AvgIpc) is 2.04. The van der Waals surface area contributed by atoms with Crippen molar-refractivity contribution in [3.8, 4) is 6.07 Å². The van der Waals surface area contributed by atoms with Crippen LogP contribution in [0.2, 0.25) is 0 Å². The molecule has 0 aliphatic carbocycles. The molecular weight excluding hydrogens is 188 g/mol. The molecule has 0 saturated heterocycles. The van der Waals surface area contributed by atoms with Gasteiger partial charge in [-0.3, -0.25) is 5.41 Å². The molecule has 68 valence electrons. The van der Waals surface area contributed by atoms with E-state index in [4.69, 9.17) is 16.4 Å². The van der Waals surface area contributed by atoms with Crippen LogP contribution in [0.5, 0.6) is 0 Å². The van der Waals surface area contributed by atoms with Crippen LogP contribution in [0.3, 0.4) is 0 Å². The summed E-state index contributed by atoms with van der Waals surface area (Å²) in [6, 6.07) is 8.86. The first-order valence-electron chi connectivity index (χ1n) is 3.34. The van der Waals surface area contributed by atoms with Gasteiger partial charge in [-0.15, -0.1) is 12.4 Å². The quantitative estimate of drug-likeness (QED) is 0.467. The summed E-state index contributed by atoms with van der Waals surface area (Å²) in [4.78, 5) is 0. The lowest BCUT2D eigenvalue weighted by atomic mass is 10.2. The Balaban J connectivity index is 0.00000144. The predicted molar refractivity (Wildman–Crippen MR) is 53.9 cm³/mol. The van der Waals surface area contributed by atoms with E-state index in [1.54, 1.807) is 24.3 Å². The van der Waals surface area contributed by atoms with E-state index in [1.807, 2.05) is 6.07 Å². The van der Waals surface area contributed by atoms with Gasteiger partial charge in [0.15, 0.2) is 5.96 Å². The maximum Gasteiger partial charge on any atom is 0.190 e. The van der Waals surface area contributed by atoms with E-state index < -0.39 is 0 Å². The Morgan fingerprint density at radius 2 is 2.08 bits per heavy atom. The molecule has 0 bridgehead atoms. The van der Waals surface area contributed by atoms with Crippen LogP contribution in [0.15, 0.2) is 24.3 Å². The first kappa shape index (κ1) is 11.3. The molecule has 0 unspecified atom stereocenters. The smallest absolute Gasteiger partial charge is 0.190 e. The van der Waals surface area contributed by atoms with Gasteiger partial charge in [-0.1, -0.05) is 12.1 Å². The van der Waals surface area contributed by atoms with Crippen molar-refractivity contribution < 1.29 is 0 Å². The SMILES string of the molecule is Cl.N#Cc1ccccc1NC(=N)N. The summed E-state index contributed by atoms with van der Waals surface area (Å²) in [5.74, 6) is -0.169. The number of hydrogen-bond donors (Lipinski definition) is 3. The monoisotopic (exact) mass is 196 g/mol. The Bertz CT molecular complexity index is 342. The zero-order valence-electron chi connectivity index (χ0n) is 6.74. The first-order chi connectivity index (χ1) is 5.74. The van der Waals surface area contributed by atoms with E-state index >= 15 is 0 Å². The Labute approximate surface area is 82.3 Å². The van der Waals surface area contributed by atoms with Crippen molar-refractivity contribution >= 4 is 24.1 Å². The van der Waals surface area contributed by atoms with Gasteiger partial charge in [-0.05, 0) is 12.1 Å². The number of para-hydroxylation sites is 1. The van der Waals surface area contributed by atoms with Gasteiger partial charge >= 0.3 is 0 Å². The number of anilines is 1. The molecule has 0 aromatic heterocycles. The number of guanidine groups is 1. The number of nitrogens with two attached hydrogens (primary N) is 1. The fraction of sp³-hybridized carbons (Fsp3) is 0. The van der Waals surface area contributed by atoms with Crippen LogP contribution < -0.4 is 11.1 Å². The Hall–Kier alpha value is -1.73. The van der Waals surface area contributed by atoms with Crippen molar-refractivity contribution in [3.63, 3.8) is 0 Å². The second-order valence-corrected chi connectivity index (χ2v) is 2.20. The van der Waals surface area contributed by atoms with Crippen LogP contribution in [0.4, 0.5) is 5.69 Å². The Kier molecular flexibility index (Phi) is 4.34. The lowest BCUT2D eigenvalue weighted by Crippen LogP contribution is -2.20. The van der Waals surface area contributed by atoms with Crippen LogP contribution in [0.1, 0.15) is 5.56 Å². The topological polar surface area (TPSA) is 85.7 Å². The molecule has 0 atom stereocenters. The van der Waals surface area contributed by atoms with E-state index in [2.05, 4.69) is 5.32 Å². The number of nitriles is 1. The summed E-state index contributed by atoms with van der Waals surface area (Å²) in [6.45, 7) is 0. The molecule has 1 aromatic carbocycles. The normalized spacial score (nSPS) is 7.92. The third kappa shape index (κ3) is 3.01. The van der Waals surface area contributed by atoms with E-state index in [1.165, 1.54) is 0 Å².